The third-order valence-electron chi connectivity index (χ3n) is 4.80. The molecule has 0 spiro atoms. The maximum absolute atomic E-state index is 13.2. The van der Waals surface area contributed by atoms with Gasteiger partial charge in [-0.2, -0.15) is 0 Å². The van der Waals surface area contributed by atoms with Crippen LogP contribution in [-0.4, -0.2) is 65.8 Å². The lowest BCUT2D eigenvalue weighted by atomic mass is 10.00. The van der Waals surface area contributed by atoms with Crippen LogP contribution in [0.15, 0.2) is 24.3 Å². The molecule has 1 aromatic carbocycles. The van der Waals surface area contributed by atoms with Crippen LogP contribution in [-0.2, 0) is 4.74 Å². The number of aliphatic hydroxyl groups is 2. The molecule has 0 radical (unpaired) electrons. The van der Waals surface area contributed by atoms with Gasteiger partial charge in [-0.15, -0.1) is 0 Å². The Balaban J connectivity index is 1.60. The Hall–Kier alpha value is -1.21. The maximum atomic E-state index is 13.2. The van der Waals surface area contributed by atoms with Crippen LogP contribution in [0.5, 0.6) is 5.75 Å². The van der Waals surface area contributed by atoms with Crippen molar-refractivity contribution in [3.05, 3.63) is 30.1 Å². The Bertz CT molecular complexity index is 550. The summed E-state index contributed by atoms with van der Waals surface area (Å²) in [6.07, 6.45) is 3.72. The fraction of sp³-hybridized carbons (Fsp3) is 0.667. The average Bonchev–Trinajstić information content (AvgIpc) is 2.87. The van der Waals surface area contributed by atoms with Crippen LogP contribution in [0.1, 0.15) is 25.7 Å². The molecule has 0 unspecified atom stereocenters. The van der Waals surface area contributed by atoms with Crippen molar-refractivity contribution in [3.8, 4) is 5.75 Å². The van der Waals surface area contributed by atoms with Gasteiger partial charge in [0.2, 0.25) is 0 Å². The average molecular weight is 339 g/mol. The lowest BCUT2D eigenvalue weighted by Crippen LogP contribution is -2.52. The van der Waals surface area contributed by atoms with Gasteiger partial charge in [-0.3, -0.25) is 4.90 Å². The third kappa shape index (κ3) is 4.66. The van der Waals surface area contributed by atoms with E-state index >= 15 is 0 Å². The van der Waals surface area contributed by atoms with Gasteiger partial charge in [0.1, 0.15) is 23.8 Å². The van der Waals surface area contributed by atoms with Crippen LogP contribution in [0.4, 0.5) is 4.39 Å². The summed E-state index contributed by atoms with van der Waals surface area (Å²) in [4.78, 5) is 2.05. The zero-order valence-electron chi connectivity index (χ0n) is 13.9. The van der Waals surface area contributed by atoms with Gasteiger partial charge in [0.15, 0.2) is 0 Å². The molecule has 1 aliphatic heterocycles. The maximum Gasteiger partial charge on any atom is 0.134 e. The first-order valence-corrected chi connectivity index (χ1v) is 8.60. The zero-order valence-corrected chi connectivity index (χ0v) is 13.9. The smallest absolute Gasteiger partial charge is 0.134 e. The highest BCUT2D eigenvalue weighted by Gasteiger charge is 2.38. The molecule has 0 bridgehead atoms. The van der Waals surface area contributed by atoms with Gasteiger partial charge in [0.05, 0.1) is 18.8 Å². The quantitative estimate of drug-likeness (QED) is 0.853. The SMILES string of the molecule is OC1(CN2CCOC[C@](O)(COc3cccc(F)c3)C2)CCCC1. The highest BCUT2D eigenvalue weighted by Crippen LogP contribution is 2.31. The molecule has 2 aliphatic rings. The first kappa shape index (κ1) is 17.6. The topological polar surface area (TPSA) is 62.2 Å². The van der Waals surface area contributed by atoms with Gasteiger partial charge in [-0.1, -0.05) is 18.9 Å². The van der Waals surface area contributed by atoms with Crippen molar-refractivity contribution in [2.24, 2.45) is 0 Å². The number of ether oxygens (including phenoxy) is 2. The highest BCUT2D eigenvalue weighted by atomic mass is 19.1. The van der Waals surface area contributed by atoms with E-state index in [-0.39, 0.29) is 19.0 Å². The second-order valence-electron chi connectivity index (χ2n) is 7.17. The molecule has 6 heteroatoms. The van der Waals surface area contributed by atoms with Crippen molar-refractivity contribution in [2.45, 2.75) is 36.9 Å². The Morgan fingerprint density at radius 3 is 2.75 bits per heavy atom. The molecular weight excluding hydrogens is 313 g/mol. The monoisotopic (exact) mass is 339 g/mol. The molecule has 2 fully saturated rings. The minimum atomic E-state index is -1.18. The number of β-amino-alcohol motifs (C(OH)–C–C–N with tert-alkyl or cyclic N) is 2. The summed E-state index contributed by atoms with van der Waals surface area (Å²) in [7, 11) is 0. The molecule has 2 N–H and O–H groups in total. The number of rotatable bonds is 5. The van der Waals surface area contributed by atoms with E-state index in [1.165, 1.54) is 12.1 Å². The van der Waals surface area contributed by atoms with Crippen molar-refractivity contribution in [1.82, 2.24) is 4.90 Å². The van der Waals surface area contributed by atoms with Crippen LogP contribution < -0.4 is 4.74 Å². The first-order chi connectivity index (χ1) is 11.5. The zero-order chi connectivity index (χ0) is 17.0. The molecule has 0 amide bonds. The van der Waals surface area contributed by atoms with E-state index in [1.54, 1.807) is 12.1 Å². The van der Waals surface area contributed by atoms with Crippen LogP contribution >= 0.6 is 0 Å². The van der Waals surface area contributed by atoms with Crippen molar-refractivity contribution < 1.29 is 24.1 Å². The van der Waals surface area contributed by atoms with Crippen LogP contribution in [0.3, 0.4) is 0 Å². The van der Waals surface area contributed by atoms with Crippen molar-refractivity contribution >= 4 is 0 Å². The van der Waals surface area contributed by atoms with Gasteiger partial charge < -0.3 is 19.7 Å². The Labute approximate surface area is 142 Å². The van der Waals surface area contributed by atoms with Gasteiger partial charge in [0.25, 0.3) is 0 Å². The molecule has 1 saturated heterocycles. The van der Waals surface area contributed by atoms with Crippen LogP contribution in [0.2, 0.25) is 0 Å². The summed E-state index contributed by atoms with van der Waals surface area (Å²) < 4.78 is 24.3. The Morgan fingerprint density at radius 2 is 2.00 bits per heavy atom. The van der Waals surface area contributed by atoms with Gasteiger partial charge >= 0.3 is 0 Å². The molecule has 1 aliphatic carbocycles. The van der Waals surface area contributed by atoms with E-state index in [0.29, 0.717) is 32.0 Å². The third-order valence-corrected chi connectivity index (χ3v) is 4.80. The molecule has 134 valence electrons. The Morgan fingerprint density at radius 1 is 1.21 bits per heavy atom. The van der Waals surface area contributed by atoms with Gasteiger partial charge in [0, 0.05) is 25.7 Å². The van der Waals surface area contributed by atoms with Crippen LogP contribution in [0, 0.1) is 5.82 Å². The minimum absolute atomic E-state index is 0.0192. The summed E-state index contributed by atoms with van der Waals surface area (Å²) >= 11 is 0. The largest absolute Gasteiger partial charge is 0.490 e. The standard InChI is InChI=1S/C18H26FNO4/c19-15-4-3-5-16(10-15)24-14-18(22)12-20(8-9-23-13-18)11-17(21)6-1-2-7-17/h3-5,10,21-22H,1-2,6-9,11-14H2/t18-/m0/s1. The summed E-state index contributed by atoms with van der Waals surface area (Å²) in [6, 6.07) is 5.86. The molecule has 1 saturated carbocycles. The number of hydrogen-bond donors (Lipinski definition) is 2. The van der Waals surface area contributed by atoms with E-state index in [2.05, 4.69) is 0 Å². The summed E-state index contributed by atoms with van der Waals surface area (Å²) in [5.41, 5.74) is -1.84. The molecule has 24 heavy (non-hydrogen) atoms. The van der Waals surface area contributed by atoms with Crippen molar-refractivity contribution in [1.29, 1.82) is 0 Å². The highest BCUT2D eigenvalue weighted by molar-refractivity contribution is 5.22. The fourth-order valence-corrected chi connectivity index (χ4v) is 3.60. The summed E-state index contributed by atoms with van der Waals surface area (Å²) in [5.74, 6) is 0.00957. The van der Waals surface area contributed by atoms with Crippen molar-refractivity contribution in [2.75, 3.05) is 39.5 Å². The Kier molecular flexibility index (Phi) is 5.39. The van der Waals surface area contributed by atoms with Gasteiger partial charge in [-0.25, -0.2) is 4.39 Å². The summed E-state index contributed by atoms with van der Waals surface area (Å²) in [5, 5.41) is 21.5. The minimum Gasteiger partial charge on any atom is -0.490 e. The van der Waals surface area contributed by atoms with Gasteiger partial charge in [-0.05, 0) is 25.0 Å². The van der Waals surface area contributed by atoms with E-state index in [1.807, 2.05) is 4.90 Å². The van der Waals surface area contributed by atoms with E-state index in [0.717, 1.165) is 25.7 Å². The number of benzene rings is 1. The van der Waals surface area contributed by atoms with E-state index in [4.69, 9.17) is 9.47 Å². The number of hydrogen-bond acceptors (Lipinski definition) is 5. The second-order valence-corrected chi connectivity index (χ2v) is 7.17. The van der Waals surface area contributed by atoms with E-state index in [9.17, 15) is 14.6 Å². The molecular formula is C18H26FNO4. The lowest BCUT2D eigenvalue weighted by Gasteiger charge is -2.34. The fourth-order valence-electron chi connectivity index (χ4n) is 3.60. The number of nitrogens with zero attached hydrogens (tertiary/aromatic N) is 1. The molecule has 0 aromatic heterocycles. The van der Waals surface area contributed by atoms with Crippen molar-refractivity contribution in [3.63, 3.8) is 0 Å². The summed E-state index contributed by atoms with van der Waals surface area (Å²) in [6.45, 7) is 2.27. The van der Waals surface area contributed by atoms with Crippen LogP contribution in [0.25, 0.3) is 0 Å². The molecule has 1 heterocycles. The first-order valence-electron chi connectivity index (χ1n) is 8.60. The normalized spacial score (nSPS) is 27.8. The molecule has 5 nitrogen and oxygen atoms in total. The molecule has 1 atom stereocenters. The lowest BCUT2D eigenvalue weighted by molar-refractivity contribution is -0.0713. The predicted molar refractivity (Wildman–Crippen MR) is 87.5 cm³/mol. The molecule has 3 rings (SSSR count). The molecule has 1 aromatic rings. The second kappa shape index (κ2) is 7.35. The van der Waals surface area contributed by atoms with E-state index < -0.39 is 11.2 Å². The predicted octanol–water partition coefficient (Wildman–Crippen LogP) is 1.57. The number of halogens is 1.